The van der Waals surface area contributed by atoms with Gasteiger partial charge in [0.05, 0.1) is 16.8 Å². The van der Waals surface area contributed by atoms with Crippen molar-refractivity contribution in [3.8, 4) is 0 Å². The van der Waals surface area contributed by atoms with Crippen LogP contribution in [0.15, 0.2) is 18.2 Å². The first kappa shape index (κ1) is 18.4. The summed E-state index contributed by atoms with van der Waals surface area (Å²) in [5.41, 5.74) is 4.86. The van der Waals surface area contributed by atoms with E-state index in [1.807, 2.05) is 0 Å². The topological polar surface area (TPSA) is 139 Å². The number of hydrogen-bond acceptors (Lipinski definition) is 5. The second kappa shape index (κ2) is 7.73. The average molecular weight is 349 g/mol. The fourth-order valence-electron chi connectivity index (χ4n) is 3.03. The molecule has 1 saturated carbocycles. The van der Waals surface area contributed by atoms with Gasteiger partial charge in [-0.1, -0.05) is 12.8 Å². The lowest BCUT2D eigenvalue weighted by Gasteiger charge is -2.27. The molecule has 9 nitrogen and oxygen atoms in total. The van der Waals surface area contributed by atoms with Gasteiger partial charge < -0.3 is 5.11 Å². The second-order valence-corrected chi connectivity index (χ2v) is 6.04. The lowest BCUT2D eigenvalue weighted by atomic mass is 9.79. The zero-order chi connectivity index (χ0) is 18.6. The maximum atomic E-state index is 12.2. The summed E-state index contributed by atoms with van der Waals surface area (Å²) in [4.78, 5) is 45.7. The van der Waals surface area contributed by atoms with Crippen molar-refractivity contribution in [1.29, 1.82) is 0 Å². The molecule has 134 valence electrons. The molecule has 0 spiro atoms. The molecular weight excluding hydrogens is 330 g/mol. The molecule has 2 unspecified atom stereocenters. The molecule has 0 heterocycles. The highest BCUT2D eigenvalue weighted by atomic mass is 16.6. The molecule has 2 rings (SSSR count). The minimum absolute atomic E-state index is 0.105. The number of nitro benzene ring substituents is 1. The predicted molar refractivity (Wildman–Crippen MR) is 86.5 cm³/mol. The van der Waals surface area contributed by atoms with Gasteiger partial charge in [-0.2, -0.15) is 0 Å². The molecule has 1 aromatic carbocycles. The van der Waals surface area contributed by atoms with Gasteiger partial charge in [0.25, 0.3) is 11.6 Å². The standard InChI is InChI=1S/C16H19N3O6/c1-9-8-10(6-7-13(9)19(24)25)14(20)17-18-15(21)11-4-2-3-5-12(11)16(22)23/h6-8,11-12H,2-5H2,1H3,(H,17,20)(H,18,21)(H,22,23). The van der Waals surface area contributed by atoms with Gasteiger partial charge in [-0.05, 0) is 31.9 Å². The Hall–Kier alpha value is -2.97. The number of carboxylic acid groups (broad SMARTS) is 1. The van der Waals surface area contributed by atoms with Gasteiger partial charge in [0.2, 0.25) is 5.91 Å². The molecule has 0 radical (unpaired) electrons. The summed E-state index contributed by atoms with van der Waals surface area (Å²) in [5.74, 6) is -3.64. The Morgan fingerprint density at radius 2 is 1.80 bits per heavy atom. The SMILES string of the molecule is Cc1cc(C(=O)NNC(=O)C2CCCCC2C(=O)O)ccc1[N+](=O)[O-]. The fourth-order valence-corrected chi connectivity index (χ4v) is 3.03. The molecular formula is C16H19N3O6. The maximum absolute atomic E-state index is 12.2. The van der Waals surface area contributed by atoms with Crippen LogP contribution in [0.1, 0.15) is 41.6 Å². The first-order chi connectivity index (χ1) is 11.8. The highest BCUT2D eigenvalue weighted by Crippen LogP contribution is 2.30. The van der Waals surface area contributed by atoms with Gasteiger partial charge in [-0.15, -0.1) is 0 Å². The van der Waals surface area contributed by atoms with Crippen LogP contribution in [0.5, 0.6) is 0 Å². The number of aliphatic carboxylic acids is 1. The molecule has 0 saturated heterocycles. The van der Waals surface area contributed by atoms with E-state index in [9.17, 15) is 29.6 Å². The Kier molecular flexibility index (Phi) is 5.68. The van der Waals surface area contributed by atoms with Crippen molar-refractivity contribution in [3.05, 3.63) is 39.4 Å². The molecule has 0 aromatic heterocycles. The van der Waals surface area contributed by atoms with E-state index >= 15 is 0 Å². The summed E-state index contributed by atoms with van der Waals surface area (Å²) < 4.78 is 0. The molecule has 3 N–H and O–H groups in total. The minimum Gasteiger partial charge on any atom is -0.481 e. The summed E-state index contributed by atoms with van der Waals surface area (Å²) in [6.07, 6.45) is 2.41. The molecule has 2 atom stereocenters. The summed E-state index contributed by atoms with van der Waals surface area (Å²) in [6.45, 7) is 1.51. The zero-order valence-electron chi connectivity index (χ0n) is 13.7. The van der Waals surface area contributed by atoms with Crippen molar-refractivity contribution >= 4 is 23.5 Å². The van der Waals surface area contributed by atoms with E-state index in [1.54, 1.807) is 0 Å². The number of hydrogen-bond donors (Lipinski definition) is 3. The molecule has 1 aliphatic rings. The van der Waals surface area contributed by atoms with E-state index in [-0.39, 0.29) is 11.3 Å². The Labute approximate surface area is 143 Å². The molecule has 25 heavy (non-hydrogen) atoms. The van der Waals surface area contributed by atoms with Crippen molar-refractivity contribution in [2.45, 2.75) is 32.6 Å². The Morgan fingerprint density at radius 3 is 2.36 bits per heavy atom. The van der Waals surface area contributed by atoms with Crippen molar-refractivity contribution < 1.29 is 24.4 Å². The van der Waals surface area contributed by atoms with Crippen molar-refractivity contribution in [2.24, 2.45) is 11.8 Å². The van der Waals surface area contributed by atoms with Crippen LogP contribution in [0.3, 0.4) is 0 Å². The van der Waals surface area contributed by atoms with Crippen molar-refractivity contribution in [1.82, 2.24) is 10.9 Å². The Morgan fingerprint density at radius 1 is 1.16 bits per heavy atom. The first-order valence-electron chi connectivity index (χ1n) is 7.89. The van der Waals surface area contributed by atoms with E-state index in [4.69, 9.17) is 0 Å². The van der Waals surface area contributed by atoms with Gasteiger partial charge in [-0.25, -0.2) is 0 Å². The quantitative estimate of drug-likeness (QED) is 0.557. The number of amides is 2. The summed E-state index contributed by atoms with van der Waals surface area (Å²) in [7, 11) is 0. The lowest BCUT2D eigenvalue weighted by molar-refractivity contribution is -0.385. The van der Waals surface area contributed by atoms with Crippen LogP contribution in [0.2, 0.25) is 0 Å². The number of aryl methyl sites for hydroxylation is 1. The van der Waals surface area contributed by atoms with Gasteiger partial charge in [0, 0.05) is 17.2 Å². The van der Waals surface area contributed by atoms with Crippen molar-refractivity contribution in [2.75, 3.05) is 0 Å². The number of nitro groups is 1. The van der Waals surface area contributed by atoms with E-state index in [2.05, 4.69) is 10.9 Å². The summed E-state index contributed by atoms with van der Waals surface area (Å²) in [5, 5.41) is 20.0. The number of carboxylic acids is 1. The minimum atomic E-state index is -1.02. The monoisotopic (exact) mass is 349 g/mol. The van der Waals surface area contributed by atoms with Crippen LogP contribution < -0.4 is 10.9 Å². The molecule has 2 amide bonds. The number of hydrazine groups is 1. The third-order valence-corrected chi connectivity index (χ3v) is 4.37. The average Bonchev–Trinajstić information content (AvgIpc) is 2.58. The summed E-state index contributed by atoms with van der Waals surface area (Å²) >= 11 is 0. The number of benzene rings is 1. The fraction of sp³-hybridized carbons (Fsp3) is 0.438. The van der Waals surface area contributed by atoms with Gasteiger partial charge >= 0.3 is 5.97 Å². The van der Waals surface area contributed by atoms with Crippen LogP contribution in [0.25, 0.3) is 0 Å². The van der Waals surface area contributed by atoms with Crippen LogP contribution in [-0.2, 0) is 9.59 Å². The van der Waals surface area contributed by atoms with Crippen LogP contribution >= 0.6 is 0 Å². The van der Waals surface area contributed by atoms with E-state index < -0.39 is 34.5 Å². The third-order valence-electron chi connectivity index (χ3n) is 4.37. The molecule has 0 aliphatic heterocycles. The number of rotatable bonds is 4. The van der Waals surface area contributed by atoms with E-state index in [0.29, 0.717) is 18.4 Å². The predicted octanol–water partition coefficient (Wildman–Crippen LogP) is 1.56. The number of carbonyl (C=O) groups is 3. The largest absolute Gasteiger partial charge is 0.481 e. The molecule has 1 aliphatic carbocycles. The normalized spacial score (nSPS) is 19.7. The molecule has 1 fully saturated rings. The third kappa shape index (κ3) is 4.31. The summed E-state index contributed by atoms with van der Waals surface area (Å²) in [6, 6.07) is 3.85. The van der Waals surface area contributed by atoms with Crippen molar-refractivity contribution in [3.63, 3.8) is 0 Å². The van der Waals surface area contributed by atoms with Crippen LogP contribution in [0, 0.1) is 28.9 Å². The highest BCUT2D eigenvalue weighted by Gasteiger charge is 2.35. The van der Waals surface area contributed by atoms with E-state index in [0.717, 1.165) is 12.8 Å². The Bertz CT molecular complexity index is 718. The first-order valence-corrected chi connectivity index (χ1v) is 7.89. The number of nitrogens with zero attached hydrogens (tertiary/aromatic N) is 1. The lowest BCUT2D eigenvalue weighted by Crippen LogP contribution is -2.47. The smallest absolute Gasteiger partial charge is 0.307 e. The second-order valence-electron chi connectivity index (χ2n) is 6.04. The zero-order valence-corrected chi connectivity index (χ0v) is 13.7. The van der Waals surface area contributed by atoms with Gasteiger partial charge in [0.1, 0.15) is 0 Å². The number of nitrogens with one attached hydrogen (secondary N) is 2. The van der Waals surface area contributed by atoms with Crippen LogP contribution in [0.4, 0.5) is 5.69 Å². The molecule has 9 heteroatoms. The molecule has 0 bridgehead atoms. The highest BCUT2D eigenvalue weighted by molar-refractivity contribution is 5.96. The maximum Gasteiger partial charge on any atom is 0.307 e. The van der Waals surface area contributed by atoms with Crippen LogP contribution in [-0.4, -0.2) is 27.8 Å². The molecule has 1 aromatic rings. The van der Waals surface area contributed by atoms with E-state index in [1.165, 1.54) is 25.1 Å². The van der Waals surface area contributed by atoms with Gasteiger partial charge in [-0.3, -0.25) is 35.3 Å². The van der Waals surface area contributed by atoms with Gasteiger partial charge in [0.15, 0.2) is 0 Å². The Balaban J connectivity index is 1.99. The number of carbonyl (C=O) groups excluding carboxylic acids is 2.